The number of carboxylic acid groups (broad SMARTS) is 1. The molecule has 0 spiro atoms. The third-order valence-electron chi connectivity index (χ3n) is 4.77. The smallest absolute Gasteiger partial charge is 0.307 e. The van der Waals surface area contributed by atoms with Crippen molar-refractivity contribution in [1.29, 1.82) is 0 Å². The Morgan fingerprint density at radius 3 is 2.43 bits per heavy atom. The number of ether oxygens (including phenoxy) is 1. The maximum absolute atomic E-state index is 12.7. The molecule has 3 rings (SSSR count). The van der Waals surface area contributed by atoms with E-state index in [0.29, 0.717) is 25.4 Å². The molecule has 23 heavy (non-hydrogen) atoms. The van der Waals surface area contributed by atoms with Gasteiger partial charge in [0.05, 0.1) is 11.8 Å². The van der Waals surface area contributed by atoms with Crippen molar-refractivity contribution in [2.45, 2.75) is 25.8 Å². The van der Waals surface area contributed by atoms with Gasteiger partial charge in [-0.25, -0.2) is 0 Å². The van der Waals surface area contributed by atoms with E-state index >= 15 is 0 Å². The predicted molar refractivity (Wildman–Crippen MR) is 84.6 cm³/mol. The number of carbonyl (C=O) groups is 2. The molecule has 1 aliphatic heterocycles. The second-order valence-corrected chi connectivity index (χ2v) is 6.55. The third kappa shape index (κ3) is 4.10. The van der Waals surface area contributed by atoms with Crippen LogP contribution in [-0.4, -0.2) is 41.6 Å². The van der Waals surface area contributed by atoms with Crippen molar-refractivity contribution in [2.24, 2.45) is 17.8 Å². The topological polar surface area (TPSA) is 66.8 Å². The van der Waals surface area contributed by atoms with Gasteiger partial charge in [-0.05, 0) is 30.7 Å². The molecule has 1 heterocycles. The van der Waals surface area contributed by atoms with E-state index in [1.54, 1.807) is 0 Å². The molecule has 1 saturated carbocycles. The Morgan fingerprint density at radius 2 is 1.83 bits per heavy atom. The summed E-state index contributed by atoms with van der Waals surface area (Å²) in [6, 6.07) is 9.89. The summed E-state index contributed by atoms with van der Waals surface area (Å²) < 4.78 is 5.39. The number of amides is 1. The molecule has 2 fully saturated rings. The van der Waals surface area contributed by atoms with Crippen LogP contribution in [0.15, 0.2) is 30.3 Å². The molecule has 1 aromatic carbocycles. The van der Waals surface area contributed by atoms with E-state index in [1.165, 1.54) is 0 Å². The monoisotopic (exact) mass is 317 g/mol. The number of rotatable bonds is 6. The predicted octanol–water partition coefficient (Wildman–Crippen LogP) is 2.16. The lowest BCUT2D eigenvalue weighted by atomic mass is 9.99. The number of hydrogen-bond acceptors (Lipinski definition) is 3. The number of nitrogens with zero attached hydrogens (tertiary/aromatic N) is 1. The van der Waals surface area contributed by atoms with Crippen molar-refractivity contribution in [3.63, 3.8) is 0 Å². The van der Waals surface area contributed by atoms with Gasteiger partial charge < -0.3 is 14.7 Å². The maximum atomic E-state index is 12.7. The van der Waals surface area contributed by atoms with Crippen LogP contribution < -0.4 is 0 Å². The van der Waals surface area contributed by atoms with Gasteiger partial charge in [0.15, 0.2) is 0 Å². The van der Waals surface area contributed by atoms with Crippen LogP contribution in [0.2, 0.25) is 0 Å². The summed E-state index contributed by atoms with van der Waals surface area (Å²) in [4.78, 5) is 25.6. The number of aliphatic carboxylic acids is 1. The minimum atomic E-state index is -0.853. The molecule has 1 saturated heterocycles. The molecule has 124 valence electrons. The summed E-state index contributed by atoms with van der Waals surface area (Å²) in [5, 5.41) is 9.08. The minimum absolute atomic E-state index is 0.00672. The SMILES string of the molecule is O=C(O)C1CC1C(=O)N(Cc1ccccc1)CC1CCOCC1. The Bertz CT molecular complexity index is 553. The zero-order valence-electron chi connectivity index (χ0n) is 13.2. The van der Waals surface area contributed by atoms with E-state index in [2.05, 4.69) is 0 Å². The minimum Gasteiger partial charge on any atom is -0.481 e. The normalized spacial score (nSPS) is 24.2. The average Bonchev–Trinajstić information content (AvgIpc) is 3.36. The fraction of sp³-hybridized carbons (Fsp3) is 0.556. The average molecular weight is 317 g/mol. The Kier molecular flexibility index (Phi) is 4.96. The Balaban J connectivity index is 1.67. The summed E-state index contributed by atoms with van der Waals surface area (Å²) in [6.45, 7) is 2.75. The van der Waals surface area contributed by atoms with Gasteiger partial charge in [-0.2, -0.15) is 0 Å². The molecule has 5 heteroatoms. The summed E-state index contributed by atoms with van der Waals surface area (Å²) >= 11 is 0. The first-order valence-corrected chi connectivity index (χ1v) is 8.28. The number of carbonyl (C=O) groups excluding carboxylic acids is 1. The van der Waals surface area contributed by atoms with Crippen molar-refractivity contribution in [1.82, 2.24) is 4.90 Å². The highest BCUT2D eigenvalue weighted by Crippen LogP contribution is 2.40. The summed E-state index contributed by atoms with van der Waals surface area (Å²) in [5.74, 6) is -1.24. The molecule has 1 aliphatic carbocycles. The fourth-order valence-corrected chi connectivity index (χ4v) is 3.25. The molecule has 1 aromatic rings. The van der Waals surface area contributed by atoms with E-state index in [1.807, 2.05) is 35.2 Å². The van der Waals surface area contributed by atoms with Gasteiger partial charge in [0.2, 0.25) is 5.91 Å². The first-order valence-electron chi connectivity index (χ1n) is 8.28. The molecule has 1 amide bonds. The van der Waals surface area contributed by atoms with Gasteiger partial charge in [0, 0.05) is 26.3 Å². The molecule has 2 atom stereocenters. The lowest BCUT2D eigenvalue weighted by molar-refractivity contribution is -0.142. The van der Waals surface area contributed by atoms with Crippen molar-refractivity contribution >= 4 is 11.9 Å². The zero-order valence-corrected chi connectivity index (χ0v) is 13.2. The standard InChI is InChI=1S/C18H23NO4/c20-17(15-10-16(15)18(21)22)19(11-13-4-2-1-3-5-13)12-14-6-8-23-9-7-14/h1-5,14-16H,6-12H2,(H,21,22). The van der Waals surface area contributed by atoms with Gasteiger partial charge in [0.25, 0.3) is 0 Å². The van der Waals surface area contributed by atoms with Crippen molar-refractivity contribution in [3.05, 3.63) is 35.9 Å². The molecule has 5 nitrogen and oxygen atoms in total. The van der Waals surface area contributed by atoms with Crippen LogP contribution >= 0.6 is 0 Å². The number of benzene rings is 1. The Hall–Kier alpha value is -1.88. The van der Waals surface area contributed by atoms with Crippen molar-refractivity contribution in [3.8, 4) is 0 Å². The van der Waals surface area contributed by atoms with E-state index in [4.69, 9.17) is 9.84 Å². The van der Waals surface area contributed by atoms with Crippen LogP contribution in [0.4, 0.5) is 0 Å². The number of carboxylic acids is 1. The van der Waals surface area contributed by atoms with E-state index in [9.17, 15) is 9.59 Å². The molecule has 0 bridgehead atoms. The zero-order chi connectivity index (χ0) is 16.2. The van der Waals surface area contributed by atoms with E-state index in [-0.39, 0.29) is 11.8 Å². The first-order chi connectivity index (χ1) is 11.1. The van der Waals surface area contributed by atoms with Crippen LogP contribution in [-0.2, 0) is 20.9 Å². The van der Waals surface area contributed by atoms with E-state index < -0.39 is 11.9 Å². The third-order valence-corrected chi connectivity index (χ3v) is 4.77. The summed E-state index contributed by atoms with van der Waals surface area (Å²) in [7, 11) is 0. The first kappa shape index (κ1) is 16.0. The molecule has 2 unspecified atom stereocenters. The van der Waals surface area contributed by atoms with Crippen molar-refractivity contribution in [2.75, 3.05) is 19.8 Å². The second kappa shape index (κ2) is 7.13. The van der Waals surface area contributed by atoms with Gasteiger partial charge >= 0.3 is 5.97 Å². The second-order valence-electron chi connectivity index (χ2n) is 6.55. The maximum Gasteiger partial charge on any atom is 0.307 e. The molecule has 1 N–H and O–H groups in total. The lowest BCUT2D eigenvalue weighted by Crippen LogP contribution is -2.38. The molecule has 2 aliphatic rings. The van der Waals surface area contributed by atoms with Gasteiger partial charge in [-0.1, -0.05) is 30.3 Å². The molecule has 0 aromatic heterocycles. The van der Waals surface area contributed by atoms with Crippen LogP contribution in [0.3, 0.4) is 0 Å². The Morgan fingerprint density at radius 1 is 1.13 bits per heavy atom. The van der Waals surface area contributed by atoms with Crippen LogP contribution in [0.25, 0.3) is 0 Å². The van der Waals surface area contributed by atoms with Gasteiger partial charge in [-0.3, -0.25) is 9.59 Å². The molecular formula is C18H23NO4. The van der Waals surface area contributed by atoms with Crippen LogP contribution in [0, 0.1) is 17.8 Å². The highest BCUT2D eigenvalue weighted by Gasteiger charge is 2.49. The highest BCUT2D eigenvalue weighted by molar-refractivity contribution is 5.89. The molecule has 0 radical (unpaired) electrons. The Labute approximate surface area is 136 Å². The number of hydrogen-bond donors (Lipinski definition) is 1. The van der Waals surface area contributed by atoms with Crippen molar-refractivity contribution < 1.29 is 19.4 Å². The summed E-state index contributed by atoms with van der Waals surface area (Å²) in [5.41, 5.74) is 1.08. The van der Waals surface area contributed by atoms with Crippen LogP contribution in [0.5, 0.6) is 0 Å². The highest BCUT2D eigenvalue weighted by atomic mass is 16.5. The fourth-order valence-electron chi connectivity index (χ4n) is 3.25. The van der Waals surface area contributed by atoms with Gasteiger partial charge in [0.1, 0.15) is 0 Å². The molecular weight excluding hydrogens is 294 g/mol. The van der Waals surface area contributed by atoms with E-state index in [0.717, 1.165) is 31.6 Å². The largest absolute Gasteiger partial charge is 0.481 e. The van der Waals surface area contributed by atoms with Gasteiger partial charge in [-0.15, -0.1) is 0 Å². The lowest BCUT2D eigenvalue weighted by Gasteiger charge is -2.30. The quantitative estimate of drug-likeness (QED) is 0.873. The van der Waals surface area contributed by atoms with Crippen LogP contribution in [0.1, 0.15) is 24.8 Å². The summed E-state index contributed by atoms with van der Waals surface area (Å²) in [6.07, 6.45) is 2.41.